The molecule has 364 valence electrons. The molecule has 4 aromatic rings. The van der Waals surface area contributed by atoms with E-state index in [1.807, 2.05) is 17.9 Å². The van der Waals surface area contributed by atoms with Crippen molar-refractivity contribution >= 4 is 68.0 Å². The minimum Gasteiger partial charge on any atom is -0.505 e. The number of carboxylic acids is 1. The third-order valence-corrected chi connectivity index (χ3v) is 13.7. The molecule has 18 heteroatoms. The van der Waals surface area contributed by atoms with Crippen molar-refractivity contribution in [2.45, 2.75) is 92.5 Å². The van der Waals surface area contributed by atoms with E-state index in [-0.39, 0.29) is 62.1 Å². The summed E-state index contributed by atoms with van der Waals surface area (Å²) < 4.78 is 30.6. The second kappa shape index (κ2) is 19.3. The van der Waals surface area contributed by atoms with Gasteiger partial charge in [-0.15, -0.1) is 0 Å². The predicted molar refractivity (Wildman–Crippen MR) is 253 cm³/mol. The van der Waals surface area contributed by atoms with E-state index in [0.29, 0.717) is 37.3 Å². The molecule has 3 aliphatic rings. The number of anilines is 2. The fourth-order valence-electron chi connectivity index (χ4n) is 9.60. The van der Waals surface area contributed by atoms with Crippen molar-refractivity contribution in [1.29, 1.82) is 0 Å². The smallest absolute Gasteiger partial charge is 0.317 e. The Morgan fingerprint density at radius 2 is 1.63 bits per heavy atom. The number of allylic oxidation sites excluding steroid dienone is 2. The average Bonchev–Trinajstić information content (AvgIpc) is 3.56. The summed E-state index contributed by atoms with van der Waals surface area (Å²) in [6, 6.07) is 3.66. The highest BCUT2D eigenvalue weighted by molar-refractivity contribution is 6.26. The molecule has 1 saturated heterocycles. The molecule has 0 aliphatic carbocycles. The van der Waals surface area contributed by atoms with Gasteiger partial charge in [0.2, 0.25) is 0 Å². The van der Waals surface area contributed by atoms with Crippen LogP contribution in [0.5, 0.6) is 11.5 Å². The number of nitrogens with one attached hydrogen (secondary N) is 1. The van der Waals surface area contributed by atoms with Crippen molar-refractivity contribution in [3.63, 3.8) is 0 Å². The van der Waals surface area contributed by atoms with Gasteiger partial charge in [-0.3, -0.25) is 28.9 Å². The van der Waals surface area contributed by atoms with Gasteiger partial charge < -0.3 is 54.0 Å². The van der Waals surface area contributed by atoms with Gasteiger partial charge in [0, 0.05) is 99.1 Å². The first-order chi connectivity index (χ1) is 32.1. The van der Waals surface area contributed by atoms with Gasteiger partial charge in [0.25, 0.3) is 11.7 Å². The van der Waals surface area contributed by atoms with Crippen molar-refractivity contribution in [3.05, 3.63) is 75.2 Å². The van der Waals surface area contributed by atoms with Crippen molar-refractivity contribution in [1.82, 2.24) is 9.88 Å². The number of aliphatic hydroxyl groups excluding tert-OH is 2. The number of phenolic OH excluding ortho intramolecular Hbond substituents is 1. The fourth-order valence-corrected chi connectivity index (χ4v) is 9.60. The van der Waals surface area contributed by atoms with E-state index >= 15 is 0 Å². The third kappa shape index (κ3) is 9.17. The summed E-state index contributed by atoms with van der Waals surface area (Å²) >= 11 is 0. The topological polar surface area (TPSA) is 248 Å². The lowest BCUT2D eigenvalue weighted by atomic mass is 9.78. The van der Waals surface area contributed by atoms with Crippen LogP contribution in [0, 0.1) is 37.5 Å². The Morgan fingerprint density at radius 3 is 2.28 bits per heavy atom. The van der Waals surface area contributed by atoms with Crippen LogP contribution in [0.1, 0.15) is 70.0 Å². The van der Waals surface area contributed by atoms with E-state index in [1.165, 1.54) is 53.2 Å². The first-order valence-electron chi connectivity index (χ1n) is 22.7. The van der Waals surface area contributed by atoms with Gasteiger partial charge in [-0.25, -0.2) is 4.98 Å². The summed E-state index contributed by atoms with van der Waals surface area (Å²) in [6.45, 7) is 16.3. The predicted octanol–water partition coefficient (Wildman–Crippen LogP) is 5.51. The number of aliphatic carboxylic acids is 1. The van der Waals surface area contributed by atoms with Gasteiger partial charge in [0.1, 0.15) is 28.6 Å². The molecule has 4 heterocycles. The highest BCUT2D eigenvalue weighted by Gasteiger charge is 2.50. The number of esters is 1. The van der Waals surface area contributed by atoms with Gasteiger partial charge in [0.15, 0.2) is 22.3 Å². The Hall–Kier alpha value is -6.34. The number of hydrogen-bond acceptors (Lipinski definition) is 16. The minimum absolute atomic E-state index is 0.0245. The number of aryl methyl sites for hydroxylation is 1. The quantitative estimate of drug-likeness (QED) is 0.0716. The number of carbonyl (C=O) groups is 4. The molecule has 1 fully saturated rings. The van der Waals surface area contributed by atoms with Crippen LogP contribution in [-0.2, 0) is 28.6 Å². The zero-order chi connectivity index (χ0) is 49.7. The molecule has 68 heavy (non-hydrogen) atoms. The van der Waals surface area contributed by atoms with Gasteiger partial charge in [-0.2, -0.15) is 0 Å². The molecule has 0 saturated carbocycles. The summed E-state index contributed by atoms with van der Waals surface area (Å²) in [5.74, 6) is -8.34. The van der Waals surface area contributed by atoms with Gasteiger partial charge in [-0.1, -0.05) is 45.9 Å². The molecule has 3 aliphatic heterocycles. The van der Waals surface area contributed by atoms with Crippen LogP contribution < -0.4 is 20.4 Å². The zero-order valence-corrected chi connectivity index (χ0v) is 39.9. The molecular weight excluding hydrogens is 881 g/mol. The molecule has 1 aromatic heterocycles. The number of Topliss-reactive ketones (excluding diaryl/α,β-unsaturated/α-hetero) is 1. The molecule has 7 rings (SSSR count). The maximum atomic E-state index is 14.8. The SMILES string of the molecule is CO[C@H]1/C=C/O[C@@]2(C)Oc3c(C)c(=O)c4c(O)c(c5oc6cc(N7CCN(CC(=O)O)CC7)cc(C)c6nc5c4c3C2=O)NC(=O)/C(C)=C\C=C\[C@H](C)[C@H](O)[C@@H](C)[C@@H](O)[C@@H](C)[C@H](OC(C)=O)[C@@H]1C. The van der Waals surface area contributed by atoms with E-state index in [0.717, 1.165) is 5.69 Å². The summed E-state index contributed by atoms with van der Waals surface area (Å²) in [6.07, 6.45) is 3.51. The summed E-state index contributed by atoms with van der Waals surface area (Å²) in [5, 5.41) is 46.9. The number of methoxy groups -OCH3 is 1. The lowest BCUT2D eigenvalue weighted by Crippen LogP contribution is -2.48. The second-order valence-corrected chi connectivity index (χ2v) is 18.5. The zero-order valence-electron chi connectivity index (χ0n) is 39.9. The number of aromatic nitrogens is 1. The number of amides is 1. The number of ketones is 1. The normalized spacial score (nSPS) is 29.4. The highest BCUT2D eigenvalue weighted by Crippen LogP contribution is 2.49. The van der Waals surface area contributed by atoms with Crippen LogP contribution in [0.3, 0.4) is 0 Å². The molecule has 3 aromatic carbocycles. The fraction of sp³-hybridized carbons (Fsp3) is 0.480. The van der Waals surface area contributed by atoms with E-state index < -0.39 is 88.7 Å². The van der Waals surface area contributed by atoms with Crippen LogP contribution in [0.4, 0.5) is 11.4 Å². The number of nitrogens with zero attached hydrogens (tertiary/aromatic N) is 3. The first-order valence-corrected chi connectivity index (χ1v) is 22.7. The Bertz CT molecular complexity index is 2840. The standard InChI is InChI=1S/C50H60N4O14/c1-23-12-11-13-24(2)49(63)52-40-44(61)36-35(39-47(40)67-33-21-31(20-25(3)38(33)51-39)54-17-15-53(16-18-54)22-34(56)57)37-46(29(7)43(36)60)68-50(9,48(37)62)65-19-14-32(64-10)26(4)45(66-30(8)55)28(6)42(59)27(5)41(23)58/h11-14,19-21,23,26-28,32,41-42,45,58-59,61H,15-18,22H2,1-10H3,(H,52,63)(H,56,57)/b12-11+,19-14+,24-13-/t23-,26+,27+,28+,32-,41-,42+,45+,50-/m0/s1. The van der Waals surface area contributed by atoms with Gasteiger partial charge in [-0.05, 0) is 38.5 Å². The molecule has 0 unspecified atom stereocenters. The molecule has 0 radical (unpaired) electrons. The molecule has 0 spiro atoms. The van der Waals surface area contributed by atoms with Gasteiger partial charge >= 0.3 is 17.7 Å². The van der Waals surface area contributed by atoms with Crippen molar-refractivity contribution in [2.75, 3.05) is 50.1 Å². The third-order valence-electron chi connectivity index (χ3n) is 13.7. The molecule has 9 atom stereocenters. The summed E-state index contributed by atoms with van der Waals surface area (Å²) in [5.41, 5.74) is 0.888. The summed E-state index contributed by atoms with van der Waals surface area (Å²) in [7, 11) is 1.44. The number of phenols is 1. The van der Waals surface area contributed by atoms with Crippen molar-refractivity contribution in [3.8, 4) is 11.5 Å². The number of rotatable bonds is 5. The highest BCUT2D eigenvalue weighted by atomic mass is 16.7. The first kappa shape index (κ1) is 49.6. The maximum Gasteiger partial charge on any atom is 0.317 e. The molecule has 18 nitrogen and oxygen atoms in total. The van der Waals surface area contributed by atoms with E-state index in [2.05, 4.69) is 10.2 Å². The van der Waals surface area contributed by atoms with Crippen LogP contribution in [0.15, 0.2) is 57.5 Å². The van der Waals surface area contributed by atoms with Crippen LogP contribution >= 0.6 is 0 Å². The number of hydrogen-bond donors (Lipinski definition) is 5. The number of aromatic hydroxyl groups is 1. The number of aliphatic hydroxyl groups is 2. The van der Waals surface area contributed by atoms with E-state index in [1.54, 1.807) is 45.9 Å². The largest absolute Gasteiger partial charge is 0.505 e. The van der Waals surface area contributed by atoms with Crippen molar-refractivity contribution in [2.24, 2.45) is 23.7 Å². The average molecular weight is 941 g/mol. The summed E-state index contributed by atoms with van der Waals surface area (Å²) in [4.78, 5) is 76.1. The van der Waals surface area contributed by atoms with Crippen LogP contribution in [-0.4, -0.2) is 124 Å². The Labute approximate surface area is 392 Å². The lowest BCUT2D eigenvalue weighted by molar-refractivity contribution is -0.160. The number of ether oxygens (including phenoxy) is 4. The lowest BCUT2D eigenvalue weighted by Gasteiger charge is -2.38. The van der Waals surface area contributed by atoms with Gasteiger partial charge in [0.05, 0.1) is 42.1 Å². The van der Waals surface area contributed by atoms with E-state index in [4.69, 9.17) is 28.3 Å². The molecular formula is C50H60N4O14. The number of fused-ring (bicyclic) bond motifs is 2. The second-order valence-electron chi connectivity index (χ2n) is 18.5. The number of piperazine rings is 1. The van der Waals surface area contributed by atoms with Crippen LogP contribution in [0.2, 0.25) is 0 Å². The van der Waals surface area contributed by atoms with E-state index in [9.17, 15) is 44.4 Å². The number of benzene rings is 3. The Kier molecular flexibility index (Phi) is 14.1. The molecule has 1 amide bonds. The maximum absolute atomic E-state index is 14.8. The van der Waals surface area contributed by atoms with Crippen LogP contribution in [0.25, 0.3) is 33.0 Å². The molecule has 5 N–H and O–H groups in total. The Balaban J connectivity index is 1.43. The number of carboxylic acid groups (broad SMARTS) is 1. The molecule has 4 bridgehead atoms. The minimum atomic E-state index is -2.07. The number of carbonyl (C=O) groups excluding carboxylic acids is 3. The monoisotopic (exact) mass is 940 g/mol. The van der Waals surface area contributed by atoms with Crippen molar-refractivity contribution < 1.29 is 63.0 Å². The Morgan fingerprint density at radius 1 is 0.941 bits per heavy atom.